The fourth-order valence-corrected chi connectivity index (χ4v) is 13.0. The molecule has 0 saturated heterocycles. The van der Waals surface area contributed by atoms with Crippen LogP contribution in [0.25, 0.3) is 55.6 Å². The number of imide groups is 2. The number of unbranched alkanes of at least 4 members (excludes halogenated alkanes) is 20. The molecule has 0 unspecified atom stereocenters. The van der Waals surface area contributed by atoms with Crippen molar-refractivity contribution >= 4 is 23.6 Å². The number of carbonyl (C=O) groups excluding carboxylic acids is 4. The zero-order valence-corrected chi connectivity index (χ0v) is 51.1. The molecule has 0 N–H and O–H groups in total. The molecule has 0 fully saturated rings. The molecule has 0 radical (unpaired) electrons. The lowest BCUT2D eigenvalue weighted by molar-refractivity contribution is -0.138. The summed E-state index contributed by atoms with van der Waals surface area (Å²) in [6.45, 7) is 7.02. The molecule has 1 aliphatic carbocycles. The molecule has 446 valence electrons. The van der Waals surface area contributed by atoms with Crippen LogP contribution in [0.2, 0.25) is 0 Å². The van der Waals surface area contributed by atoms with E-state index in [2.05, 4.69) is 147 Å². The van der Waals surface area contributed by atoms with Crippen LogP contribution in [0.3, 0.4) is 0 Å². The summed E-state index contributed by atoms with van der Waals surface area (Å²) in [5, 5.41) is 0. The van der Waals surface area contributed by atoms with Crippen LogP contribution in [0.15, 0.2) is 158 Å². The highest BCUT2D eigenvalue weighted by atomic mass is 16.5. The molecule has 8 nitrogen and oxygen atoms in total. The largest absolute Gasteiger partial charge is 0.494 e. The van der Waals surface area contributed by atoms with E-state index in [-0.39, 0.29) is 29.0 Å². The summed E-state index contributed by atoms with van der Waals surface area (Å²) in [4.78, 5) is 49.7. The number of amides is 4. The first kappa shape index (κ1) is 62.2. The second kappa shape index (κ2) is 32.3. The van der Waals surface area contributed by atoms with Gasteiger partial charge in [-0.3, -0.25) is 29.0 Å². The van der Waals surface area contributed by atoms with Gasteiger partial charge in [-0.05, 0) is 142 Å². The summed E-state index contributed by atoms with van der Waals surface area (Å²) in [7, 11) is 0. The van der Waals surface area contributed by atoms with Gasteiger partial charge >= 0.3 is 0 Å². The average Bonchev–Trinajstić information content (AvgIpc) is 1.66. The van der Waals surface area contributed by atoms with Crippen LogP contribution < -0.4 is 9.47 Å². The number of benzene rings is 6. The maximum atomic E-state index is 11.8. The Kier molecular flexibility index (Phi) is 23.6. The molecule has 8 heteroatoms. The highest BCUT2D eigenvalue weighted by Crippen LogP contribution is 2.56. The molecule has 2 heterocycles. The minimum Gasteiger partial charge on any atom is -0.494 e. The van der Waals surface area contributed by atoms with Gasteiger partial charge in [-0.2, -0.15) is 0 Å². The van der Waals surface area contributed by atoms with Gasteiger partial charge in [0.05, 0.1) is 13.2 Å². The van der Waals surface area contributed by atoms with Crippen molar-refractivity contribution in [3.63, 3.8) is 0 Å². The molecular formula is C77H92N2O6. The van der Waals surface area contributed by atoms with E-state index in [0.29, 0.717) is 26.3 Å². The highest BCUT2D eigenvalue weighted by molar-refractivity contribution is 6.13. The van der Waals surface area contributed by atoms with Gasteiger partial charge in [0.25, 0.3) is 23.6 Å². The van der Waals surface area contributed by atoms with Gasteiger partial charge < -0.3 is 9.47 Å². The second-order valence-electron chi connectivity index (χ2n) is 24.1. The Morgan fingerprint density at radius 1 is 0.306 bits per heavy atom. The van der Waals surface area contributed by atoms with E-state index >= 15 is 0 Å². The minimum atomic E-state index is -0.190. The molecule has 0 atom stereocenters. The Balaban J connectivity index is 0.830. The van der Waals surface area contributed by atoms with Crippen molar-refractivity contribution in [1.29, 1.82) is 0 Å². The van der Waals surface area contributed by atoms with Gasteiger partial charge in [0, 0.05) is 42.8 Å². The number of fused-ring (bicyclic) bond motifs is 3. The lowest BCUT2D eigenvalue weighted by Gasteiger charge is -2.33. The van der Waals surface area contributed by atoms with Gasteiger partial charge in [0.2, 0.25) is 0 Å². The van der Waals surface area contributed by atoms with Crippen LogP contribution in [-0.2, 0) is 24.6 Å². The Labute approximate surface area is 508 Å². The fourth-order valence-electron chi connectivity index (χ4n) is 13.0. The number of rotatable bonds is 38. The average molecular weight is 1140 g/mol. The summed E-state index contributed by atoms with van der Waals surface area (Å²) in [6, 6.07) is 50.1. The number of carbonyl (C=O) groups is 4. The zero-order chi connectivity index (χ0) is 59.1. The van der Waals surface area contributed by atoms with E-state index in [9.17, 15) is 19.2 Å². The normalized spacial score (nSPS) is 14.0. The van der Waals surface area contributed by atoms with E-state index in [1.54, 1.807) is 0 Å². The monoisotopic (exact) mass is 1140 g/mol. The SMILES string of the molecule is CCCCCCCCC1(CCCCCCCC)c2cc(-c3ccc(-c4ccc(OCCCCCCCCN5C(=O)C=CC5=O)cc4)cc3)ccc2-c2ccc(-c3ccc(-c4ccc(OCCCCCCCCN5C(=O)C=CC5=O)cc4)cc3)cc21. The zero-order valence-electron chi connectivity index (χ0n) is 51.1. The summed E-state index contributed by atoms with van der Waals surface area (Å²) < 4.78 is 12.3. The number of nitrogens with zero attached hydrogens (tertiary/aromatic N) is 2. The first-order chi connectivity index (χ1) is 41.7. The smallest absolute Gasteiger partial charge is 0.253 e. The van der Waals surface area contributed by atoms with Gasteiger partial charge in [-0.15, -0.1) is 0 Å². The number of hydrogen-bond donors (Lipinski definition) is 0. The lowest BCUT2D eigenvalue weighted by Crippen LogP contribution is -2.30. The Morgan fingerprint density at radius 3 is 0.918 bits per heavy atom. The van der Waals surface area contributed by atoms with Crippen LogP contribution in [0, 0.1) is 0 Å². The van der Waals surface area contributed by atoms with Crippen molar-refractivity contribution in [1.82, 2.24) is 9.80 Å². The number of hydrogen-bond acceptors (Lipinski definition) is 6. The molecule has 0 aromatic heterocycles. The van der Waals surface area contributed by atoms with Gasteiger partial charge in [-0.1, -0.05) is 239 Å². The Bertz CT molecular complexity index is 2920. The maximum absolute atomic E-state index is 11.8. The topological polar surface area (TPSA) is 93.2 Å². The predicted molar refractivity (Wildman–Crippen MR) is 349 cm³/mol. The van der Waals surface area contributed by atoms with Crippen molar-refractivity contribution in [2.45, 2.75) is 186 Å². The van der Waals surface area contributed by atoms with E-state index in [1.165, 1.54) is 191 Å². The first-order valence-corrected chi connectivity index (χ1v) is 32.8. The molecule has 2 aliphatic heterocycles. The van der Waals surface area contributed by atoms with E-state index < -0.39 is 0 Å². The summed E-state index contributed by atoms with van der Waals surface area (Å²) in [5.74, 6) is 1.03. The molecule has 9 rings (SSSR count). The van der Waals surface area contributed by atoms with Crippen LogP contribution >= 0.6 is 0 Å². The molecule has 0 bridgehead atoms. The lowest BCUT2D eigenvalue weighted by atomic mass is 9.70. The second-order valence-corrected chi connectivity index (χ2v) is 24.1. The third kappa shape index (κ3) is 17.0. The standard InChI is InChI=1S/C77H92N2O6/c1-3-5-7-9-15-21-51-77(52-22-16-10-8-6-4-2)71-57-65(63-31-27-59(28-32-63)61-35-41-67(42-36-61)84-55-25-19-13-11-17-23-53-78-73(80)47-48-74(78)81)39-45-69(71)70-46-40-66(58-72(70)77)64-33-29-60(30-34-64)62-37-43-68(44-38-62)85-56-26-20-14-12-18-24-54-79-75(82)49-50-76(79)83/h27-50,57-58H,3-26,51-56H2,1-2H3. The Hall–Kier alpha value is -7.32. The third-order valence-electron chi connectivity index (χ3n) is 18.0. The van der Waals surface area contributed by atoms with E-state index in [1.807, 2.05) is 0 Å². The number of ether oxygens (including phenoxy) is 2. The highest BCUT2D eigenvalue weighted by Gasteiger charge is 2.43. The van der Waals surface area contributed by atoms with E-state index in [4.69, 9.17) is 9.47 Å². The summed E-state index contributed by atoms with van der Waals surface area (Å²) in [6.07, 6.45) is 35.5. The van der Waals surface area contributed by atoms with Crippen molar-refractivity contribution < 1.29 is 28.7 Å². The van der Waals surface area contributed by atoms with Crippen molar-refractivity contribution in [3.05, 3.63) is 169 Å². The van der Waals surface area contributed by atoms with Crippen molar-refractivity contribution in [3.8, 4) is 67.1 Å². The Morgan fingerprint density at radius 2 is 0.576 bits per heavy atom. The third-order valence-corrected chi connectivity index (χ3v) is 18.0. The molecule has 6 aromatic carbocycles. The van der Waals surface area contributed by atoms with E-state index in [0.717, 1.165) is 88.5 Å². The van der Waals surface area contributed by atoms with Crippen LogP contribution in [0.1, 0.15) is 192 Å². The van der Waals surface area contributed by atoms with Crippen LogP contribution in [0.4, 0.5) is 0 Å². The maximum Gasteiger partial charge on any atom is 0.253 e. The first-order valence-electron chi connectivity index (χ1n) is 32.8. The molecule has 6 aromatic rings. The van der Waals surface area contributed by atoms with Crippen LogP contribution in [0.5, 0.6) is 11.5 Å². The predicted octanol–water partition coefficient (Wildman–Crippen LogP) is 19.4. The molecule has 3 aliphatic rings. The van der Waals surface area contributed by atoms with Crippen molar-refractivity contribution in [2.75, 3.05) is 26.3 Å². The van der Waals surface area contributed by atoms with Gasteiger partial charge in [-0.25, -0.2) is 0 Å². The molecule has 85 heavy (non-hydrogen) atoms. The summed E-state index contributed by atoms with van der Waals surface area (Å²) in [5.41, 5.74) is 15.6. The minimum absolute atomic E-state index is 0.0592. The van der Waals surface area contributed by atoms with Crippen molar-refractivity contribution in [2.24, 2.45) is 0 Å². The quantitative estimate of drug-likeness (QED) is 0.0283. The fraction of sp³-hybridized carbons (Fsp3) is 0.429. The molecular weight excluding hydrogens is 1050 g/mol. The van der Waals surface area contributed by atoms with Gasteiger partial charge in [0.15, 0.2) is 0 Å². The molecule has 0 spiro atoms. The molecule has 4 amide bonds. The van der Waals surface area contributed by atoms with Crippen LogP contribution in [-0.4, -0.2) is 59.7 Å². The summed E-state index contributed by atoms with van der Waals surface area (Å²) >= 11 is 0. The molecule has 0 saturated carbocycles. The van der Waals surface area contributed by atoms with Gasteiger partial charge in [0.1, 0.15) is 11.5 Å².